The van der Waals surface area contributed by atoms with Crippen molar-refractivity contribution < 1.29 is 9.15 Å². The zero-order chi connectivity index (χ0) is 14.7. The predicted molar refractivity (Wildman–Crippen MR) is 81.2 cm³/mol. The molecule has 0 aliphatic heterocycles. The van der Waals surface area contributed by atoms with Gasteiger partial charge in [0.1, 0.15) is 11.8 Å². The van der Waals surface area contributed by atoms with Crippen LogP contribution in [0.15, 0.2) is 52.9 Å². The van der Waals surface area contributed by atoms with Gasteiger partial charge in [-0.15, -0.1) is 0 Å². The molecule has 0 saturated heterocycles. The number of nitriles is 1. The Kier molecular flexibility index (Phi) is 3.48. The summed E-state index contributed by atoms with van der Waals surface area (Å²) in [5.41, 5.74) is 2.16. The van der Waals surface area contributed by atoms with Crippen LogP contribution < -0.4 is 10.1 Å². The maximum Gasteiger partial charge on any atom is 0.176 e. The number of hydrogen-bond acceptors (Lipinski definition) is 4. The predicted octanol–water partition coefficient (Wildman–Crippen LogP) is 3.93. The van der Waals surface area contributed by atoms with E-state index in [1.54, 1.807) is 13.2 Å². The summed E-state index contributed by atoms with van der Waals surface area (Å²) in [6.07, 6.45) is 0. The highest BCUT2D eigenvalue weighted by atomic mass is 16.5. The number of ether oxygens (including phenoxy) is 1. The fourth-order valence-electron chi connectivity index (χ4n) is 2.25. The highest BCUT2D eigenvalue weighted by molar-refractivity contribution is 5.83. The Morgan fingerprint density at radius 3 is 2.86 bits per heavy atom. The Bertz CT molecular complexity index is 815. The first kappa shape index (κ1) is 13.1. The van der Waals surface area contributed by atoms with Crippen molar-refractivity contribution in [1.29, 1.82) is 5.26 Å². The molecule has 0 aliphatic carbocycles. The fraction of sp³-hybridized carbons (Fsp3) is 0.118. The summed E-state index contributed by atoms with van der Waals surface area (Å²) in [5, 5.41) is 13.3. The van der Waals surface area contributed by atoms with Crippen molar-refractivity contribution >= 4 is 16.7 Å². The average Bonchev–Trinajstić information content (AvgIpc) is 2.96. The van der Waals surface area contributed by atoms with Crippen molar-refractivity contribution in [1.82, 2.24) is 0 Å². The summed E-state index contributed by atoms with van der Waals surface area (Å²) < 4.78 is 11.1. The molecule has 0 radical (unpaired) electrons. The van der Waals surface area contributed by atoms with Crippen molar-refractivity contribution in [2.24, 2.45) is 0 Å². The minimum Gasteiger partial charge on any atom is -0.493 e. The standard InChI is InChI=1S/C17H14N2O2/c1-20-16-8-4-6-12-9-14(21-17(12)16)11-19-15-7-3-2-5-13(15)10-18/h2-9,19H,11H2,1H3. The maximum absolute atomic E-state index is 9.07. The number of rotatable bonds is 4. The molecule has 1 aromatic heterocycles. The van der Waals surface area contributed by atoms with Gasteiger partial charge in [0, 0.05) is 5.39 Å². The van der Waals surface area contributed by atoms with Gasteiger partial charge in [-0.3, -0.25) is 0 Å². The van der Waals surface area contributed by atoms with E-state index in [0.717, 1.165) is 28.2 Å². The van der Waals surface area contributed by atoms with Crippen LogP contribution in [0.25, 0.3) is 11.0 Å². The number of fused-ring (bicyclic) bond motifs is 1. The van der Waals surface area contributed by atoms with E-state index in [4.69, 9.17) is 14.4 Å². The second kappa shape index (κ2) is 5.59. The van der Waals surface area contributed by atoms with E-state index in [-0.39, 0.29) is 0 Å². The van der Waals surface area contributed by atoms with Crippen LogP contribution in [0.3, 0.4) is 0 Å². The smallest absolute Gasteiger partial charge is 0.176 e. The molecule has 0 aliphatic rings. The molecule has 0 bridgehead atoms. The second-order valence-corrected chi connectivity index (χ2v) is 4.60. The van der Waals surface area contributed by atoms with E-state index in [2.05, 4.69) is 11.4 Å². The third-order valence-corrected chi connectivity index (χ3v) is 3.28. The maximum atomic E-state index is 9.07. The molecule has 104 valence electrons. The van der Waals surface area contributed by atoms with Gasteiger partial charge in [-0.1, -0.05) is 24.3 Å². The summed E-state index contributed by atoms with van der Waals surface area (Å²) in [5.74, 6) is 1.51. The van der Waals surface area contributed by atoms with Gasteiger partial charge >= 0.3 is 0 Å². The van der Waals surface area contributed by atoms with Gasteiger partial charge in [-0.25, -0.2) is 0 Å². The van der Waals surface area contributed by atoms with Crippen LogP contribution in [0, 0.1) is 11.3 Å². The molecule has 1 N–H and O–H groups in total. The number of benzene rings is 2. The number of para-hydroxylation sites is 2. The van der Waals surface area contributed by atoms with Crippen LogP contribution in [0.4, 0.5) is 5.69 Å². The molecule has 21 heavy (non-hydrogen) atoms. The third kappa shape index (κ3) is 2.54. The van der Waals surface area contributed by atoms with E-state index in [0.29, 0.717) is 12.1 Å². The monoisotopic (exact) mass is 278 g/mol. The normalized spacial score (nSPS) is 10.3. The zero-order valence-electron chi connectivity index (χ0n) is 11.6. The first-order valence-electron chi connectivity index (χ1n) is 6.60. The van der Waals surface area contributed by atoms with Gasteiger partial charge in [-0.2, -0.15) is 5.26 Å². The quantitative estimate of drug-likeness (QED) is 0.785. The number of methoxy groups -OCH3 is 1. The first-order valence-corrected chi connectivity index (χ1v) is 6.60. The Hall–Kier alpha value is -2.93. The number of hydrogen-bond donors (Lipinski definition) is 1. The van der Waals surface area contributed by atoms with Crippen molar-refractivity contribution in [3.05, 3.63) is 59.9 Å². The topological polar surface area (TPSA) is 58.2 Å². The Labute approximate surface area is 122 Å². The highest BCUT2D eigenvalue weighted by Gasteiger charge is 2.09. The Morgan fingerprint density at radius 2 is 2.05 bits per heavy atom. The lowest BCUT2D eigenvalue weighted by Gasteiger charge is -2.05. The van der Waals surface area contributed by atoms with Crippen molar-refractivity contribution in [3.8, 4) is 11.8 Å². The molecular formula is C17H14N2O2. The molecule has 2 aromatic carbocycles. The SMILES string of the molecule is COc1cccc2cc(CNc3ccccc3C#N)oc12. The molecule has 0 atom stereocenters. The van der Waals surface area contributed by atoms with Crippen LogP contribution in [0.5, 0.6) is 5.75 Å². The molecule has 0 fully saturated rings. The van der Waals surface area contributed by atoms with Gasteiger partial charge in [0.2, 0.25) is 0 Å². The summed E-state index contributed by atoms with van der Waals surface area (Å²) in [6.45, 7) is 0.510. The number of anilines is 1. The second-order valence-electron chi connectivity index (χ2n) is 4.60. The molecule has 0 saturated carbocycles. The Balaban J connectivity index is 1.84. The van der Waals surface area contributed by atoms with Crippen LogP contribution in [0.1, 0.15) is 11.3 Å². The van der Waals surface area contributed by atoms with Crippen LogP contribution in [-0.2, 0) is 6.54 Å². The number of nitrogens with one attached hydrogen (secondary N) is 1. The lowest BCUT2D eigenvalue weighted by molar-refractivity contribution is 0.408. The summed E-state index contributed by atoms with van der Waals surface area (Å²) in [4.78, 5) is 0. The van der Waals surface area contributed by atoms with Crippen LogP contribution in [0.2, 0.25) is 0 Å². The van der Waals surface area contributed by atoms with Crippen LogP contribution >= 0.6 is 0 Å². The van der Waals surface area contributed by atoms with E-state index in [1.807, 2.05) is 42.5 Å². The zero-order valence-corrected chi connectivity index (χ0v) is 11.6. The number of nitrogens with zero attached hydrogens (tertiary/aromatic N) is 1. The van der Waals surface area contributed by atoms with Gasteiger partial charge in [0.05, 0.1) is 24.9 Å². The molecular weight excluding hydrogens is 264 g/mol. The van der Waals surface area contributed by atoms with E-state index < -0.39 is 0 Å². The average molecular weight is 278 g/mol. The minimum absolute atomic E-state index is 0.510. The van der Waals surface area contributed by atoms with E-state index in [1.165, 1.54) is 0 Å². The summed E-state index contributed by atoms with van der Waals surface area (Å²) in [7, 11) is 1.62. The molecule has 3 rings (SSSR count). The van der Waals surface area contributed by atoms with Gasteiger partial charge in [0.25, 0.3) is 0 Å². The number of furan rings is 1. The summed E-state index contributed by atoms with van der Waals surface area (Å²) >= 11 is 0. The molecule has 0 spiro atoms. The molecule has 3 aromatic rings. The molecule has 4 nitrogen and oxygen atoms in total. The molecule has 4 heteroatoms. The van der Waals surface area contributed by atoms with Crippen LogP contribution in [-0.4, -0.2) is 7.11 Å². The van der Waals surface area contributed by atoms with Crippen molar-refractivity contribution in [2.45, 2.75) is 6.54 Å². The third-order valence-electron chi connectivity index (χ3n) is 3.28. The highest BCUT2D eigenvalue weighted by Crippen LogP contribution is 2.28. The van der Waals surface area contributed by atoms with E-state index in [9.17, 15) is 0 Å². The molecule has 1 heterocycles. The first-order chi connectivity index (χ1) is 10.3. The lowest BCUT2D eigenvalue weighted by atomic mass is 10.2. The van der Waals surface area contributed by atoms with Crippen molar-refractivity contribution in [2.75, 3.05) is 12.4 Å². The lowest BCUT2D eigenvalue weighted by Crippen LogP contribution is -1.99. The van der Waals surface area contributed by atoms with Gasteiger partial charge in [-0.05, 0) is 24.3 Å². The fourth-order valence-corrected chi connectivity index (χ4v) is 2.25. The van der Waals surface area contributed by atoms with Gasteiger partial charge in [0.15, 0.2) is 11.3 Å². The molecule has 0 unspecified atom stereocenters. The molecule has 0 amide bonds. The van der Waals surface area contributed by atoms with Crippen molar-refractivity contribution in [3.63, 3.8) is 0 Å². The van der Waals surface area contributed by atoms with E-state index >= 15 is 0 Å². The largest absolute Gasteiger partial charge is 0.493 e. The summed E-state index contributed by atoms with van der Waals surface area (Å²) in [6, 6.07) is 17.3. The Morgan fingerprint density at radius 1 is 1.19 bits per heavy atom. The minimum atomic E-state index is 0.510. The van der Waals surface area contributed by atoms with Gasteiger partial charge < -0.3 is 14.5 Å².